The second-order valence-corrected chi connectivity index (χ2v) is 7.52. The summed E-state index contributed by atoms with van der Waals surface area (Å²) < 4.78 is 0. The van der Waals surface area contributed by atoms with Gasteiger partial charge in [-0.05, 0) is 44.4 Å². The third kappa shape index (κ3) is 3.87. The van der Waals surface area contributed by atoms with E-state index in [0.717, 1.165) is 36.1 Å². The first kappa shape index (κ1) is 16.3. The number of carbonyl (C=O) groups excluding carboxylic acids is 1. The van der Waals surface area contributed by atoms with Crippen LogP contribution in [0.4, 0.5) is 0 Å². The van der Waals surface area contributed by atoms with E-state index < -0.39 is 0 Å². The lowest BCUT2D eigenvalue weighted by Gasteiger charge is -2.19. The molecule has 1 heterocycles. The van der Waals surface area contributed by atoms with Gasteiger partial charge >= 0.3 is 0 Å². The van der Waals surface area contributed by atoms with E-state index in [1.165, 1.54) is 0 Å². The molecule has 1 aliphatic carbocycles. The number of carbonyl (C=O) groups is 1. The highest BCUT2D eigenvalue weighted by atomic mass is 32.2. The van der Waals surface area contributed by atoms with Gasteiger partial charge in [0.15, 0.2) is 0 Å². The normalized spacial score (nSPS) is 22.3. The van der Waals surface area contributed by atoms with Gasteiger partial charge < -0.3 is 16.0 Å². The second kappa shape index (κ2) is 7.36. The fourth-order valence-electron chi connectivity index (χ4n) is 3.20. The van der Waals surface area contributed by atoms with Crippen molar-refractivity contribution in [1.29, 1.82) is 0 Å². The van der Waals surface area contributed by atoms with Crippen LogP contribution in [-0.2, 0) is 4.79 Å². The molecule has 1 saturated carbocycles. The lowest BCUT2D eigenvalue weighted by atomic mass is 10.0. The molecule has 1 amide bonds. The molecule has 0 radical (unpaired) electrons. The maximum atomic E-state index is 12.2. The maximum absolute atomic E-state index is 12.2. The zero-order valence-corrected chi connectivity index (χ0v) is 14.2. The van der Waals surface area contributed by atoms with Gasteiger partial charge in [0.1, 0.15) is 5.82 Å². The number of nitrogens with zero attached hydrogens (tertiary/aromatic N) is 1. The molecule has 2 aromatic rings. The summed E-state index contributed by atoms with van der Waals surface area (Å²) >= 11 is 1.61. The van der Waals surface area contributed by atoms with E-state index in [4.69, 9.17) is 5.73 Å². The van der Waals surface area contributed by atoms with E-state index in [1.807, 2.05) is 24.3 Å². The minimum absolute atomic E-state index is 0.100. The molecule has 1 fully saturated rings. The molecule has 4 N–H and O–H groups in total. The van der Waals surface area contributed by atoms with E-state index in [-0.39, 0.29) is 17.2 Å². The van der Waals surface area contributed by atoms with Gasteiger partial charge in [-0.2, -0.15) is 0 Å². The van der Waals surface area contributed by atoms with Crippen molar-refractivity contribution < 1.29 is 4.79 Å². The monoisotopic (exact) mass is 332 g/mol. The summed E-state index contributed by atoms with van der Waals surface area (Å²) in [7, 11) is 0. The number of H-pyrrole nitrogens is 1. The first-order valence-corrected chi connectivity index (χ1v) is 9.28. The minimum atomic E-state index is 0.100. The van der Waals surface area contributed by atoms with Gasteiger partial charge in [0.05, 0.1) is 22.0 Å². The van der Waals surface area contributed by atoms with Crippen LogP contribution in [0.15, 0.2) is 24.3 Å². The number of thioether (sulfide) groups is 1. The molecule has 3 unspecified atom stereocenters. The Labute approximate surface area is 140 Å². The maximum Gasteiger partial charge on any atom is 0.230 e. The number of benzene rings is 1. The Kier molecular flexibility index (Phi) is 5.23. The molecule has 1 aromatic heterocycles. The zero-order chi connectivity index (χ0) is 16.2. The molecule has 1 aromatic carbocycles. The van der Waals surface area contributed by atoms with Crippen molar-refractivity contribution in [2.45, 2.75) is 37.5 Å². The molecule has 0 spiro atoms. The number of hydrogen-bond acceptors (Lipinski definition) is 4. The number of aromatic amines is 1. The number of fused-ring (bicyclic) bond motifs is 1. The number of hydrogen-bond donors (Lipinski definition) is 3. The van der Waals surface area contributed by atoms with E-state index in [9.17, 15) is 4.79 Å². The van der Waals surface area contributed by atoms with E-state index in [1.54, 1.807) is 11.8 Å². The van der Waals surface area contributed by atoms with E-state index in [2.05, 4.69) is 22.2 Å². The summed E-state index contributed by atoms with van der Waals surface area (Å²) in [6.45, 7) is 2.74. The molecule has 0 aliphatic heterocycles. The molecule has 23 heavy (non-hydrogen) atoms. The number of nitrogens with two attached hydrogens (primary N) is 1. The predicted octanol–water partition coefficient (Wildman–Crippen LogP) is 2.60. The molecule has 0 saturated heterocycles. The molecule has 3 atom stereocenters. The van der Waals surface area contributed by atoms with Crippen molar-refractivity contribution >= 4 is 28.7 Å². The third-order valence-corrected chi connectivity index (χ3v) is 5.72. The standard InChI is InChI=1S/C17H24N4OS/c1-11(17-20-14-6-2-3-7-15(14)21-17)23-10-16(22)19-13-8-4-5-12(13)9-18/h2-3,6-7,11-13H,4-5,8-10,18H2,1H3,(H,19,22)(H,20,21). The van der Waals surface area contributed by atoms with Crippen LogP contribution in [0.1, 0.15) is 37.3 Å². The van der Waals surface area contributed by atoms with Crippen molar-refractivity contribution in [3.63, 3.8) is 0 Å². The van der Waals surface area contributed by atoms with Crippen LogP contribution in [0.25, 0.3) is 11.0 Å². The van der Waals surface area contributed by atoms with Crippen molar-refractivity contribution in [1.82, 2.24) is 15.3 Å². The fraction of sp³-hybridized carbons (Fsp3) is 0.529. The van der Waals surface area contributed by atoms with Crippen LogP contribution in [0.2, 0.25) is 0 Å². The van der Waals surface area contributed by atoms with E-state index >= 15 is 0 Å². The van der Waals surface area contributed by atoms with Crippen LogP contribution < -0.4 is 11.1 Å². The minimum Gasteiger partial charge on any atom is -0.352 e. The second-order valence-electron chi connectivity index (χ2n) is 6.19. The van der Waals surface area contributed by atoms with E-state index in [0.29, 0.717) is 18.2 Å². The van der Waals surface area contributed by atoms with Crippen molar-refractivity contribution in [3.05, 3.63) is 30.1 Å². The first-order valence-electron chi connectivity index (χ1n) is 8.23. The molecule has 6 heteroatoms. The Bertz CT molecular complexity index is 638. The molecular weight excluding hydrogens is 308 g/mol. The van der Waals surface area contributed by atoms with Crippen molar-refractivity contribution in [2.24, 2.45) is 11.7 Å². The SMILES string of the molecule is CC(SCC(=O)NC1CCCC1CN)c1nc2ccccc2[nH]1. The summed E-state index contributed by atoms with van der Waals surface area (Å²) in [6.07, 6.45) is 3.34. The number of amides is 1. The van der Waals surface area contributed by atoms with Gasteiger partial charge in [-0.3, -0.25) is 4.79 Å². The highest BCUT2D eigenvalue weighted by Crippen LogP contribution is 2.28. The average Bonchev–Trinajstić information content (AvgIpc) is 3.18. The fourth-order valence-corrected chi connectivity index (χ4v) is 3.96. The Morgan fingerprint density at radius 2 is 2.30 bits per heavy atom. The lowest BCUT2D eigenvalue weighted by Crippen LogP contribution is -2.40. The molecule has 5 nitrogen and oxygen atoms in total. The van der Waals surface area contributed by atoms with Crippen LogP contribution in [-0.4, -0.2) is 34.2 Å². The number of rotatable bonds is 6. The van der Waals surface area contributed by atoms with Crippen LogP contribution in [0.5, 0.6) is 0 Å². The molecule has 0 bridgehead atoms. The zero-order valence-electron chi connectivity index (χ0n) is 13.4. The first-order chi connectivity index (χ1) is 11.2. The van der Waals surface area contributed by atoms with Crippen LogP contribution >= 0.6 is 11.8 Å². The highest BCUT2D eigenvalue weighted by Gasteiger charge is 2.27. The van der Waals surface area contributed by atoms with Crippen molar-refractivity contribution in [2.75, 3.05) is 12.3 Å². The quantitative estimate of drug-likeness (QED) is 0.759. The Balaban J connectivity index is 1.52. The van der Waals surface area contributed by atoms with Gasteiger partial charge in [0, 0.05) is 6.04 Å². The predicted molar refractivity (Wildman–Crippen MR) is 95.3 cm³/mol. The average molecular weight is 332 g/mol. The number of aromatic nitrogens is 2. The van der Waals surface area contributed by atoms with Crippen molar-refractivity contribution in [3.8, 4) is 0 Å². The summed E-state index contributed by atoms with van der Waals surface area (Å²) in [5.74, 6) is 1.91. The lowest BCUT2D eigenvalue weighted by molar-refractivity contribution is -0.119. The molecule has 3 rings (SSSR count). The molecular formula is C17H24N4OS. The summed E-state index contributed by atoms with van der Waals surface area (Å²) in [5.41, 5.74) is 7.77. The smallest absolute Gasteiger partial charge is 0.230 e. The van der Waals surface area contributed by atoms with Crippen LogP contribution in [0.3, 0.4) is 0 Å². The summed E-state index contributed by atoms with van der Waals surface area (Å²) in [5, 5.41) is 3.30. The Morgan fingerprint density at radius 1 is 1.48 bits per heavy atom. The number of para-hydroxylation sites is 2. The summed E-state index contributed by atoms with van der Waals surface area (Å²) in [6, 6.07) is 8.24. The van der Waals surface area contributed by atoms with Gasteiger partial charge in [-0.1, -0.05) is 18.6 Å². The van der Waals surface area contributed by atoms with Gasteiger partial charge in [-0.15, -0.1) is 11.8 Å². The largest absolute Gasteiger partial charge is 0.352 e. The third-order valence-electron chi connectivity index (χ3n) is 4.57. The molecule has 124 valence electrons. The van der Waals surface area contributed by atoms with Gasteiger partial charge in [0.25, 0.3) is 0 Å². The van der Waals surface area contributed by atoms with Gasteiger partial charge in [0.2, 0.25) is 5.91 Å². The number of nitrogens with one attached hydrogen (secondary N) is 2. The molecule has 1 aliphatic rings. The van der Waals surface area contributed by atoms with Crippen LogP contribution in [0, 0.1) is 5.92 Å². The summed E-state index contributed by atoms with van der Waals surface area (Å²) in [4.78, 5) is 20.1. The Morgan fingerprint density at radius 3 is 3.09 bits per heavy atom. The van der Waals surface area contributed by atoms with Gasteiger partial charge in [-0.25, -0.2) is 4.98 Å². The topological polar surface area (TPSA) is 83.8 Å². The number of imidazole rings is 1. The highest BCUT2D eigenvalue weighted by molar-refractivity contribution is 8.00. The Hall–Kier alpha value is -1.53.